The van der Waals surface area contributed by atoms with E-state index in [2.05, 4.69) is 15.6 Å². The van der Waals surface area contributed by atoms with Gasteiger partial charge in [0.25, 0.3) is 0 Å². The number of fused-ring (bicyclic) bond motifs is 1. The van der Waals surface area contributed by atoms with Crippen LogP contribution in [0.4, 0.5) is 5.69 Å². The zero-order chi connectivity index (χ0) is 19.2. The fraction of sp³-hybridized carbons (Fsp3) is 0.143. The van der Waals surface area contributed by atoms with Crippen molar-refractivity contribution in [3.05, 3.63) is 71.9 Å². The number of likely N-dealkylation sites (N-methyl/N-ethyl adjacent to an activating group) is 1. The van der Waals surface area contributed by atoms with Crippen molar-refractivity contribution < 1.29 is 9.59 Å². The van der Waals surface area contributed by atoms with Gasteiger partial charge in [-0.05, 0) is 41.8 Å². The molecule has 0 bridgehead atoms. The predicted octanol–water partition coefficient (Wildman–Crippen LogP) is 2.44. The SMILES string of the molecule is CNC(=O)/C=C/c1ccc(NC(=O)[C@H](N)Cc2c[nH]c3ccccc23)cc1. The summed E-state index contributed by atoms with van der Waals surface area (Å²) in [6.45, 7) is 0. The molecule has 0 saturated heterocycles. The minimum atomic E-state index is -0.656. The lowest BCUT2D eigenvalue weighted by atomic mass is 10.0. The number of hydrogen-bond acceptors (Lipinski definition) is 3. The highest BCUT2D eigenvalue weighted by molar-refractivity contribution is 5.96. The van der Waals surface area contributed by atoms with Crippen LogP contribution in [-0.2, 0) is 16.0 Å². The average molecular weight is 362 g/mol. The minimum absolute atomic E-state index is 0.171. The smallest absolute Gasteiger partial charge is 0.243 e. The first kappa shape index (κ1) is 18.4. The Bertz CT molecular complexity index is 973. The van der Waals surface area contributed by atoms with E-state index in [-0.39, 0.29) is 11.8 Å². The summed E-state index contributed by atoms with van der Waals surface area (Å²) in [5.41, 5.74) is 9.66. The summed E-state index contributed by atoms with van der Waals surface area (Å²) in [5, 5.41) is 6.42. The summed E-state index contributed by atoms with van der Waals surface area (Å²) in [6.07, 6.45) is 5.49. The Hall–Kier alpha value is -3.38. The molecule has 0 unspecified atom stereocenters. The number of carbonyl (C=O) groups is 2. The van der Waals surface area contributed by atoms with E-state index in [0.717, 1.165) is 22.0 Å². The molecule has 5 N–H and O–H groups in total. The molecule has 0 aliphatic carbocycles. The van der Waals surface area contributed by atoms with Gasteiger partial charge in [-0.3, -0.25) is 9.59 Å². The number of amides is 2. The minimum Gasteiger partial charge on any atom is -0.361 e. The monoisotopic (exact) mass is 362 g/mol. The van der Waals surface area contributed by atoms with Gasteiger partial charge in [0.2, 0.25) is 11.8 Å². The number of nitrogens with one attached hydrogen (secondary N) is 3. The van der Waals surface area contributed by atoms with Crippen molar-refractivity contribution in [3.8, 4) is 0 Å². The molecule has 3 aromatic rings. The molecule has 2 aromatic carbocycles. The number of nitrogens with two attached hydrogens (primary N) is 1. The number of anilines is 1. The molecule has 1 aromatic heterocycles. The van der Waals surface area contributed by atoms with Crippen LogP contribution in [0, 0.1) is 0 Å². The van der Waals surface area contributed by atoms with Crippen LogP contribution in [0.15, 0.2) is 60.8 Å². The summed E-state index contributed by atoms with van der Waals surface area (Å²) >= 11 is 0. The van der Waals surface area contributed by atoms with Crippen molar-refractivity contribution >= 4 is 34.5 Å². The lowest BCUT2D eigenvalue weighted by Gasteiger charge is -2.12. The summed E-state index contributed by atoms with van der Waals surface area (Å²) < 4.78 is 0. The van der Waals surface area contributed by atoms with Gasteiger partial charge in [-0.25, -0.2) is 0 Å². The van der Waals surface area contributed by atoms with Gasteiger partial charge in [-0.15, -0.1) is 0 Å². The third-order valence-corrected chi connectivity index (χ3v) is 4.30. The second kappa shape index (κ2) is 8.33. The summed E-state index contributed by atoms with van der Waals surface area (Å²) in [5.74, 6) is -0.412. The third-order valence-electron chi connectivity index (χ3n) is 4.30. The third kappa shape index (κ3) is 4.62. The molecule has 138 valence electrons. The number of H-pyrrole nitrogens is 1. The van der Waals surface area contributed by atoms with Crippen molar-refractivity contribution in [2.75, 3.05) is 12.4 Å². The van der Waals surface area contributed by atoms with Gasteiger partial charge in [-0.1, -0.05) is 30.3 Å². The molecule has 27 heavy (non-hydrogen) atoms. The number of aromatic nitrogens is 1. The van der Waals surface area contributed by atoms with Crippen molar-refractivity contribution in [2.45, 2.75) is 12.5 Å². The number of hydrogen-bond donors (Lipinski definition) is 4. The van der Waals surface area contributed by atoms with Crippen molar-refractivity contribution in [1.29, 1.82) is 0 Å². The van der Waals surface area contributed by atoms with E-state index in [1.807, 2.05) is 42.6 Å². The second-order valence-electron chi connectivity index (χ2n) is 6.23. The normalized spacial score (nSPS) is 12.2. The average Bonchev–Trinajstić information content (AvgIpc) is 3.10. The molecule has 1 atom stereocenters. The van der Waals surface area contributed by atoms with Gasteiger partial charge in [0.05, 0.1) is 6.04 Å². The Labute approximate surface area is 157 Å². The molecule has 0 aliphatic heterocycles. The van der Waals surface area contributed by atoms with E-state index in [1.54, 1.807) is 25.3 Å². The Kier molecular flexibility index (Phi) is 5.68. The second-order valence-corrected chi connectivity index (χ2v) is 6.23. The predicted molar refractivity (Wildman–Crippen MR) is 108 cm³/mol. The van der Waals surface area contributed by atoms with Crippen molar-refractivity contribution in [3.63, 3.8) is 0 Å². The Morgan fingerprint density at radius 2 is 1.89 bits per heavy atom. The number of para-hydroxylation sites is 1. The van der Waals surface area contributed by atoms with E-state index < -0.39 is 6.04 Å². The molecule has 0 aliphatic rings. The van der Waals surface area contributed by atoms with Crippen LogP contribution < -0.4 is 16.4 Å². The molecule has 1 heterocycles. The largest absolute Gasteiger partial charge is 0.361 e. The molecule has 0 radical (unpaired) electrons. The zero-order valence-corrected chi connectivity index (χ0v) is 15.0. The molecular formula is C21H22N4O2. The molecule has 2 amide bonds. The fourth-order valence-electron chi connectivity index (χ4n) is 2.80. The molecular weight excluding hydrogens is 340 g/mol. The Balaban J connectivity index is 1.61. The maximum atomic E-state index is 12.4. The highest BCUT2D eigenvalue weighted by Crippen LogP contribution is 2.19. The van der Waals surface area contributed by atoms with Crippen LogP contribution in [0.5, 0.6) is 0 Å². The van der Waals surface area contributed by atoms with Crippen molar-refractivity contribution in [2.24, 2.45) is 5.73 Å². The van der Waals surface area contributed by atoms with Gasteiger partial charge in [0.1, 0.15) is 0 Å². The van der Waals surface area contributed by atoms with Crippen LogP contribution >= 0.6 is 0 Å². The number of rotatable bonds is 6. The summed E-state index contributed by atoms with van der Waals surface area (Å²) in [7, 11) is 1.57. The van der Waals surface area contributed by atoms with Gasteiger partial charge < -0.3 is 21.4 Å². The first-order chi connectivity index (χ1) is 13.1. The lowest BCUT2D eigenvalue weighted by Crippen LogP contribution is -2.37. The highest BCUT2D eigenvalue weighted by Gasteiger charge is 2.16. The van der Waals surface area contributed by atoms with Crippen LogP contribution in [0.3, 0.4) is 0 Å². The lowest BCUT2D eigenvalue weighted by molar-refractivity contribution is -0.117. The summed E-state index contributed by atoms with van der Waals surface area (Å²) in [4.78, 5) is 26.8. The quantitative estimate of drug-likeness (QED) is 0.507. The van der Waals surface area contributed by atoms with Crippen LogP contribution in [0.2, 0.25) is 0 Å². The maximum Gasteiger partial charge on any atom is 0.243 e. The highest BCUT2D eigenvalue weighted by atomic mass is 16.2. The Morgan fingerprint density at radius 3 is 2.63 bits per heavy atom. The summed E-state index contributed by atoms with van der Waals surface area (Å²) in [6, 6.07) is 14.5. The molecule has 0 fully saturated rings. The standard InChI is InChI=1S/C21H22N4O2/c1-23-20(26)11-8-14-6-9-16(10-7-14)25-21(27)18(22)12-15-13-24-19-5-3-2-4-17(15)19/h2-11,13,18,24H,12,22H2,1H3,(H,23,26)(H,25,27)/b11-8+/t18-/m1/s1. The van der Waals surface area contributed by atoms with Crippen LogP contribution in [-0.4, -0.2) is 29.9 Å². The topological polar surface area (TPSA) is 100 Å². The van der Waals surface area contributed by atoms with E-state index in [4.69, 9.17) is 5.73 Å². The number of benzene rings is 2. The Morgan fingerprint density at radius 1 is 1.15 bits per heavy atom. The molecule has 0 saturated carbocycles. The van der Waals surface area contributed by atoms with Gasteiger partial charge in [0.15, 0.2) is 0 Å². The van der Waals surface area contributed by atoms with Gasteiger partial charge in [0, 0.05) is 35.9 Å². The van der Waals surface area contributed by atoms with Crippen LogP contribution in [0.1, 0.15) is 11.1 Å². The van der Waals surface area contributed by atoms with Crippen molar-refractivity contribution in [1.82, 2.24) is 10.3 Å². The van der Waals surface area contributed by atoms with E-state index in [1.165, 1.54) is 6.08 Å². The first-order valence-electron chi connectivity index (χ1n) is 8.68. The molecule has 6 nitrogen and oxygen atoms in total. The van der Waals surface area contributed by atoms with Gasteiger partial charge in [-0.2, -0.15) is 0 Å². The molecule has 0 spiro atoms. The van der Waals surface area contributed by atoms with E-state index in [9.17, 15) is 9.59 Å². The first-order valence-corrected chi connectivity index (χ1v) is 8.68. The number of aromatic amines is 1. The van der Waals surface area contributed by atoms with Crippen LogP contribution in [0.25, 0.3) is 17.0 Å². The van der Waals surface area contributed by atoms with E-state index in [0.29, 0.717) is 12.1 Å². The van der Waals surface area contributed by atoms with Gasteiger partial charge >= 0.3 is 0 Å². The number of carbonyl (C=O) groups excluding carboxylic acids is 2. The maximum absolute atomic E-state index is 12.4. The fourth-order valence-corrected chi connectivity index (χ4v) is 2.80. The molecule has 6 heteroatoms. The zero-order valence-electron chi connectivity index (χ0n) is 15.0. The van der Waals surface area contributed by atoms with E-state index >= 15 is 0 Å². The molecule has 3 rings (SSSR count).